The van der Waals surface area contributed by atoms with Gasteiger partial charge >= 0.3 is 0 Å². The summed E-state index contributed by atoms with van der Waals surface area (Å²) in [5.41, 5.74) is 1.10. The fourth-order valence-corrected chi connectivity index (χ4v) is 2.11. The van der Waals surface area contributed by atoms with E-state index in [1.807, 2.05) is 24.3 Å². The normalized spacial score (nSPS) is 19.9. The van der Waals surface area contributed by atoms with E-state index in [9.17, 15) is 9.59 Å². The van der Waals surface area contributed by atoms with Crippen molar-refractivity contribution in [2.75, 3.05) is 13.1 Å². The van der Waals surface area contributed by atoms with Crippen LogP contribution in [0.3, 0.4) is 0 Å². The Morgan fingerprint density at radius 3 is 2.67 bits per heavy atom. The van der Waals surface area contributed by atoms with Crippen molar-refractivity contribution in [2.24, 2.45) is 0 Å². The second kappa shape index (κ2) is 5.40. The van der Waals surface area contributed by atoms with Crippen molar-refractivity contribution < 1.29 is 9.59 Å². The molecule has 96 valence electrons. The van der Waals surface area contributed by atoms with Gasteiger partial charge in [0.15, 0.2) is 0 Å². The second-order valence-electron chi connectivity index (χ2n) is 4.36. The lowest BCUT2D eigenvalue weighted by atomic mass is 10.1. The molecule has 1 aliphatic heterocycles. The maximum absolute atomic E-state index is 11.7. The van der Waals surface area contributed by atoms with Crippen LogP contribution in [-0.2, 0) is 16.0 Å². The lowest BCUT2D eigenvalue weighted by Gasteiger charge is -2.32. The molecule has 18 heavy (non-hydrogen) atoms. The number of piperazine rings is 1. The summed E-state index contributed by atoms with van der Waals surface area (Å²) in [6.07, 6.45) is 0.723. The maximum atomic E-state index is 11.7. The standard InChI is InChI=1S/C13H15ClN2O2/c1-9-13(18)15-8-12(17)16(9)7-6-10-2-4-11(14)5-3-10/h2-5,9H,6-8H2,1H3,(H,15,18). The molecule has 2 amide bonds. The number of benzene rings is 1. The van der Waals surface area contributed by atoms with E-state index in [4.69, 9.17) is 11.6 Å². The Hall–Kier alpha value is -1.55. The smallest absolute Gasteiger partial charge is 0.242 e. The summed E-state index contributed by atoms with van der Waals surface area (Å²) in [6.45, 7) is 2.40. The summed E-state index contributed by atoms with van der Waals surface area (Å²) < 4.78 is 0. The maximum Gasteiger partial charge on any atom is 0.242 e. The van der Waals surface area contributed by atoms with Crippen LogP contribution in [0.2, 0.25) is 5.02 Å². The lowest BCUT2D eigenvalue weighted by molar-refractivity contribution is -0.144. The van der Waals surface area contributed by atoms with Crippen LogP contribution in [0.15, 0.2) is 24.3 Å². The number of carbonyl (C=O) groups is 2. The van der Waals surface area contributed by atoms with Crippen molar-refractivity contribution in [1.29, 1.82) is 0 Å². The molecule has 1 fully saturated rings. The second-order valence-corrected chi connectivity index (χ2v) is 4.79. The van der Waals surface area contributed by atoms with Crippen molar-refractivity contribution in [3.8, 4) is 0 Å². The van der Waals surface area contributed by atoms with Crippen LogP contribution in [0, 0.1) is 0 Å². The van der Waals surface area contributed by atoms with Crippen LogP contribution in [0.4, 0.5) is 0 Å². The van der Waals surface area contributed by atoms with Gasteiger partial charge in [-0.05, 0) is 31.0 Å². The third-order valence-electron chi connectivity index (χ3n) is 3.14. The molecule has 1 aromatic rings. The Bertz CT molecular complexity index is 459. The van der Waals surface area contributed by atoms with E-state index in [-0.39, 0.29) is 18.4 Å². The molecule has 0 aliphatic carbocycles. The summed E-state index contributed by atoms with van der Waals surface area (Å²) in [5, 5.41) is 3.26. The van der Waals surface area contributed by atoms with Gasteiger partial charge in [0.1, 0.15) is 6.04 Å². The van der Waals surface area contributed by atoms with Crippen LogP contribution in [0.1, 0.15) is 12.5 Å². The van der Waals surface area contributed by atoms with Gasteiger partial charge in [-0.1, -0.05) is 23.7 Å². The zero-order valence-corrected chi connectivity index (χ0v) is 10.9. The third-order valence-corrected chi connectivity index (χ3v) is 3.39. The van der Waals surface area contributed by atoms with Gasteiger partial charge in [0.25, 0.3) is 0 Å². The molecule has 4 nitrogen and oxygen atoms in total. The predicted octanol–water partition coefficient (Wildman–Crippen LogP) is 1.23. The molecule has 1 unspecified atom stereocenters. The monoisotopic (exact) mass is 266 g/mol. The number of carbonyl (C=O) groups excluding carboxylic acids is 2. The minimum atomic E-state index is -0.390. The van der Waals surface area contributed by atoms with Gasteiger partial charge in [0.2, 0.25) is 11.8 Å². The molecule has 0 aromatic heterocycles. The van der Waals surface area contributed by atoms with Crippen LogP contribution in [-0.4, -0.2) is 35.8 Å². The van der Waals surface area contributed by atoms with E-state index in [0.717, 1.165) is 12.0 Å². The molecule has 0 radical (unpaired) electrons. The topological polar surface area (TPSA) is 49.4 Å². The van der Waals surface area contributed by atoms with E-state index in [0.29, 0.717) is 11.6 Å². The third kappa shape index (κ3) is 2.82. The van der Waals surface area contributed by atoms with Gasteiger partial charge in [0, 0.05) is 11.6 Å². The van der Waals surface area contributed by atoms with Gasteiger partial charge in [-0.2, -0.15) is 0 Å². The van der Waals surface area contributed by atoms with E-state index >= 15 is 0 Å². The Morgan fingerprint density at radius 2 is 2.00 bits per heavy atom. The highest BCUT2D eigenvalue weighted by atomic mass is 35.5. The summed E-state index contributed by atoms with van der Waals surface area (Å²) in [5.74, 6) is -0.123. The van der Waals surface area contributed by atoms with Gasteiger partial charge in [0.05, 0.1) is 6.54 Å². The first kappa shape index (κ1) is 12.9. The molecular formula is C13H15ClN2O2. The Labute approximate surface area is 111 Å². The first-order valence-electron chi connectivity index (χ1n) is 5.89. The van der Waals surface area contributed by atoms with Gasteiger partial charge in [-0.3, -0.25) is 9.59 Å². The Kier molecular flexibility index (Phi) is 3.87. The van der Waals surface area contributed by atoms with Crippen LogP contribution < -0.4 is 5.32 Å². The van der Waals surface area contributed by atoms with Crippen LogP contribution >= 0.6 is 11.6 Å². The Morgan fingerprint density at radius 1 is 1.33 bits per heavy atom. The highest BCUT2D eigenvalue weighted by molar-refractivity contribution is 6.30. The van der Waals surface area contributed by atoms with Crippen molar-refractivity contribution >= 4 is 23.4 Å². The molecule has 0 bridgehead atoms. The molecule has 1 N–H and O–H groups in total. The predicted molar refractivity (Wildman–Crippen MR) is 69.3 cm³/mol. The van der Waals surface area contributed by atoms with E-state index in [1.165, 1.54) is 0 Å². The van der Waals surface area contributed by atoms with Crippen LogP contribution in [0.5, 0.6) is 0 Å². The summed E-state index contributed by atoms with van der Waals surface area (Å²) >= 11 is 5.81. The van der Waals surface area contributed by atoms with Gasteiger partial charge in [-0.15, -0.1) is 0 Å². The SMILES string of the molecule is CC1C(=O)NCC(=O)N1CCc1ccc(Cl)cc1. The zero-order valence-electron chi connectivity index (χ0n) is 10.1. The summed E-state index contributed by atoms with van der Waals surface area (Å²) in [6, 6.07) is 7.12. The molecule has 0 spiro atoms. The molecule has 1 heterocycles. The number of rotatable bonds is 3. The van der Waals surface area contributed by atoms with E-state index in [1.54, 1.807) is 11.8 Å². The highest BCUT2D eigenvalue weighted by Crippen LogP contribution is 2.12. The van der Waals surface area contributed by atoms with Crippen molar-refractivity contribution in [3.63, 3.8) is 0 Å². The molecule has 2 rings (SSSR count). The molecule has 0 saturated carbocycles. The number of halogens is 1. The number of nitrogens with zero attached hydrogens (tertiary/aromatic N) is 1. The minimum Gasteiger partial charge on any atom is -0.345 e. The highest BCUT2D eigenvalue weighted by Gasteiger charge is 2.30. The molecule has 1 atom stereocenters. The first-order chi connectivity index (χ1) is 8.58. The van der Waals surface area contributed by atoms with Crippen molar-refractivity contribution in [1.82, 2.24) is 10.2 Å². The summed E-state index contributed by atoms with van der Waals surface area (Å²) in [4.78, 5) is 24.8. The first-order valence-corrected chi connectivity index (χ1v) is 6.27. The van der Waals surface area contributed by atoms with Crippen LogP contribution in [0.25, 0.3) is 0 Å². The molecular weight excluding hydrogens is 252 g/mol. The number of hydrogen-bond acceptors (Lipinski definition) is 2. The lowest BCUT2D eigenvalue weighted by Crippen LogP contribution is -2.57. The van der Waals surface area contributed by atoms with E-state index < -0.39 is 6.04 Å². The Balaban J connectivity index is 1.98. The molecule has 1 saturated heterocycles. The number of hydrogen-bond donors (Lipinski definition) is 1. The van der Waals surface area contributed by atoms with E-state index in [2.05, 4.69) is 5.32 Å². The van der Waals surface area contributed by atoms with Crippen molar-refractivity contribution in [2.45, 2.75) is 19.4 Å². The van der Waals surface area contributed by atoms with Crippen molar-refractivity contribution in [3.05, 3.63) is 34.9 Å². The van der Waals surface area contributed by atoms with Gasteiger partial charge < -0.3 is 10.2 Å². The average molecular weight is 267 g/mol. The zero-order chi connectivity index (χ0) is 13.1. The summed E-state index contributed by atoms with van der Waals surface area (Å²) in [7, 11) is 0. The quantitative estimate of drug-likeness (QED) is 0.895. The minimum absolute atomic E-state index is 0.0314. The van der Waals surface area contributed by atoms with Gasteiger partial charge in [-0.25, -0.2) is 0 Å². The molecule has 1 aromatic carbocycles. The number of nitrogens with one attached hydrogen (secondary N) is 1. The largest absolute Gasteiger partial charge is 0.345 e. The number of amides is 2. The molecule has 1 aliphatic rings. The average Bonchev–Trinajstić information content (AvgIpc) is 2.36. The fraction of sp³-hybridized carbons (Fsp3) is 0.385. The molecule has 5 heteroatoms. The fourth-order valence-electron chi connectivity index (χ4n) is 1.99.